The van der Waals surface area contributed by atoms with E-state index in [0.717, 1.165) is 36.8 Å². The largest absolute Gasteiger partial charge is 0.497 e. The molecule has 1 aromatic heterocycles. The fourth-order valence-corrected chi connectivity index (χ4v) is 2.85. The van der Waals surface area contributed by atoms with Crippen LogP contribution in [0.5, 0.6) is 5.75 Å². The molecule has 6 nitrogen and oxygen atoms in total. The number of aromatic nitrogens is 1. The first-order valence-corrected chi connectivity index (χ1v) is 9.26. The summed E-state index contributed by atoms with van der Waals surface area (Å²) >= 11 is 5.82. The Balaban J connectivity index is 0.00000392. The van der Waals surface area contributed by atoms with Crippen molar-refractivity contribution in [1.82, 2.24) is 20.5 Å². The van der Waals surface area contributed by atoms with Crippen molar-refractivity contribution in [2.45, 2.75) is 12.5 Å². The normalized spacial score (nSPS) is 12.3. The van der Waals surface area contributed by atoms with E-state index in [1.807, 2.05) is 18.2 Å². The molecule has 1 atom stereocenters. The van der Waals surface area contributed by atoms with Crippen LogP contribution in [0.3, 0.4) is 0 Å². The van der Waals surface area contributed by atoms with Crippen molar-refractivity contribution in [3.8, 4) is 5.75 Å². The zero-order chi connectivity index (χ0) is 19.6. The zero-order valence-corrected chi connectivity index (χ0v) is 19.9. The van der Waals surface area contributed by atoms with Gasteiger partial charge in [-0.25, -0.2) is 4.98 Å². The summed E-state index contributed by atoms with van der Waals surface area (Å²) in [5.41, 5.74) is 2.32. The van der Waals surface area contributed by atoms with Gasteiger partial charge in [-0.1, -0.05) is 29.8 Å². The van der Waals surface area contributed by atoms with Gasteiger partial charge in [-0.05, 0) is 49.8 Å². The fraction of sp³-hybridized carbons (Fsp3) is 0.400. The number of benzene rings is 1. The average molecular weight is 518 g/mol. The minimum absolute atomic E-state index is 0. The van der Waals surface area contributed by atoms with Crippen molar-refractivity contribution < 1.29 is 4.74 Å². The first kappa shape index (κ1) is 24.5. The quantitative estimate of drug-likeness (QED) is 0.243. The van der Waals surface area contributed by atoms with Gasteiger partial charge < -0.3 is 20.3 Å². The second kappa shape index (κ2) is 12.8. The van der Waals surface area contributed by atoms with Crippen molar-refractivity contribution in [3.63, 3.8) is 0 Å². The first-order valence-electron chi connectivity index (χ1n) is 8.88. The zero-order valence-electron chi connectivity index (χ0n) is 16.8. The number of rotatable bonds is 8. The molecule has 2 aromatic rings. The monoisotopic (exact) mass is 517 g/mol. The second-order valence-corrected chi connectivity index (χ2v) is 6.76. The third kappa shape index (κ3) is 7.81. The predicted molar refractivity (Wildman–Crippen MR) is 127 cm³/mol. The van der Waals surface area contributed by atoms with Crippen LogP contribution < -0.4 is 15.4 Å². The van der Waals surface area contributed by atoms with E-state index >= 15 is 0 Å². The van der Waals surface area contributed by atoms with E-state index in [1.54, 1.807) is 26.4 Å². The minimum atomic E-state index is 0. The number of aliphatic imine (C=N–C) groups is 1. The Morgan fingerprint density at radius 3 is 2.64 bits per heavy atom. The molecular formula is C20H29ClIN5O. The van der Waals surface area contributed by atoms with Crippen LogP contribution in [0, 0.1) is 0 Å². The van der Waals surface area contributed by atoms with Gasteiger partial charge in [-0.3, -0.25) is 4.99 Å². The number of methoxy groups -OCH3 is 1. The number of nitrogens with zero attached hydrogens (tertiary/aromatic N) is 3. The number of hydrogen-bond acceptors (Lipinski definition) is 4. The maximum absolute atomic E-state index is 5.82. The highest BCUT2D eigenvalue weighted by Gasteiger charge is 2.15. The summed E-state index contributed by atoms with van der Waals surface area (Å²) in [4.78, 5) is 10.6. The van der Waals surface area contributed by atoms with Crippen LogP contribution in [0.1, 0.15) is 17.2 Å². The highest BCUT2D eigenvalue weighted by molar-refractivity contribution is 14.0. The van der Waals surface area contributed by atoms with E-state index in [4.69, 9.17) is 16.3 Å². The van der Waals surface area contributed by atoms with Crippen molar-refractivity contribution in [3.05, 3.63) is 58.9 Å². The van der Waals surface area contributed by atoms with Gasteiger partial charge >= 0.3 is 0 Å². The average Bonchev–Trinajstić information content (AvgIpc) is 2.68. The number of hydrogen-bond donors (Lipinski definition) is 2. The molecule has 154 valence electrons. The number of guanidine groups is 1. The number of likely N-dealkylation sites (N-methyl/N-ethyl adjacent to an activating group) is 1. The SMILES string of the molecule is CN=C(NCCc1ccc(Cl)nc1)NCC(c1cccc(OC)c1)N(C)C.I. The molecule has 8 heteroatoms. The molecule has 28 heavy (non-hydrogen) atoms. The molecule has 0 radical (unpaired) electrons. The van der Waals surface area contributed by atoms with E-state index in [2.05, 4.69) is 51.7 Å². The molecule has 0 fully saturated rings. The Morgan fingerprint density at radius 1 is 1.25 bits per heavy atom. The molecule has 0 spiro atoms. The Morgan fingerprint density at radius 2 is 2.04 bits per heavy atom. The van der Waals surface area contributed by atoms with Crippen LogP contribution in [0.25, 0.3) is 0 Å². The molecule has 0 saturated carbocycles. The van der Waals surface area contributed by atoms with Gasteiger partial charge in [0.2, 0.25) is 0 Å². The third-order valence-electron chi connectivity index (χ3n) is 4.28. The topological polar surface area (TPSA) is 61.8 Å². The number of pyridine rings is 1. The minimum Gasteiger partial charge on any atom is -0.497 e. The van der Waals surface area contributed by atoms with Gasteiger partial charge in [0.25, 0.3) is 0 Å². The molecule has 0 saturated heterocycles. The lowest BCUT2D eigenvalue weighted by Crippen LogP contribution is -2.42. The van der Waals surface area contributed by atoms with Crippen molar-refractivity contribution >= 4 is 41.5 Å². The summed E-state index contributed by atoms with van der Waals surface area (Å²) in [6.45, 7) is 1.48. The van der Waals surface area contributed by atoms with E-state index in [0.29, 0.717) is 5.15 Å². The van der Waals surface area contributed by atoms with E-state index < -0.39 is 0 Å². The molecule has 0 aliphatic carbocycles. The lowest BCUT2D eigenvalue weighted by Gasteiger charge is -2.26. The van der Waals surface area contributed by atoms with Crippen LogP contribution in [-0.4, -0.2) is 57.2 Å². The molecule has 2 N–H and O–H groups in total. The van der Waals surface area contributed by atoms with Gasteiger partial charge in [0.05, 0.1) is 13.2 Å². The Hall–Kier alpha value is -1.58. The molecule has 1 unspecified atom stereocenters. The van der Waals surface area contributed by atoms with Crippen molar-refractivity contribution in [1.29, 1.82) is 0 Å². The summed E-state index contributed by atoms with van der Waals surface area (Å²) in [5, 5.41) is 7.25. The van der Waals surface area contributed by atoms with Crippen LogP contribution >= 0.6 is 35.6 Å². The Kier molecular flexibility index (Phi) is 11.2. The van der Waals surface area contributed by atoms with Crippen LogP contribution in [0.4, 0.5) is 0 Å². The smallest absolute Gasteiger partial charge is 0.191 e. The highest BCUT2D eigenvalue weighted by atomic mass is 127. The summed E-state index contributed by atoms with van der Waals surface area (Å²) in [5.74, 6) is 1.63. The Bertz CT molecular complexity index is 740. The third-order valence-corrected chi connectivity index (χ3v) is 4.51. The van der Waals surface area contributed by atoms with Crippen LogP contribution in [-0.2, 0) is 6.42 Å². The maximum atomic E-state index is 5.82. The van der Waals surface area contributed by atoms with E-state index in [9.17, 15) is 0 Å². The molecular weight excluding hydrogens is 489 g/mol. The number of halogens is 2. The lowest BCUT2D eigenvalue weighted by molar-refractivity contribution is 0.297. The summed E-state index contributed by atoms with van der Waals surface area (Å²) in [6.07, 6.45) is 2.64. The Labute approximate surface area is 189 Å². The van der Waals surface area contributed by atoms with Gasteiger partial charge in [0.1, 0.15) is 10.9 Å². The molecule has 2 rings (SSSR count). The molecule has 0 aliphatic rings. The van der Waals surface area contributed by atoms with Gasteiger partial charge in [0, 0.05) is 26.3 Å². The molecule has 0 aliphatic heterocycles. The molecule has 1 aromatic carbocycles. The molecule has 1 heterocycles. The molecule has 0 bridgehead atoms. The number of nitrogens with one attached hydrogen (secondary N) is 2. The summed E-state index contributed by atoms with van der Waals surface area (Å²) < 4.78 is 5.35. The highest BCUT2D eigenvalue weighted by Crippen LogP contribution is 2.22. The predicted octanol–water partition coefficient (Wildman–Crippen LogP) is 3.37. The molecule has 0 amide bonds. The maximum Gasteiger partial charge on any atom is 0.191 e. The summed E-state index contributed by atoms with van der Waals surface area (Å²) in [6, 6.07) is 12.1. The van der Waals surface area contributed by atoms with E-state index in [-0.39, 0.29) is 30.0 Å². The summed E-state index contributed by atoms with van der Waals surface area (Å²) in [7, 11) is 7.59. The van der Waals surface area contributed by atoms with Gasteiger partial charge in [-0.15, -0.1) is 24.0 Å². The lowest BCUT2D eigenvalue weighted by atomic mass is 10.1. The van der Waals surface area contributed by atoms with Crippen LogP contribution in [0.2, 0.25) is 5.15 Å². The number of ether oxygens (including phenoxy) is 1. The standard InChI is InChI=1S/C20H28ClN5O.HI/c1-22-20(23-11-10-15-8-9-19(21)24-13-15)25-14-18(26(2)3)16-6-5-7-17(12-16)27-4;/h5-9,12-13,18H,10-11,14H2,1-4H3,(H2,22,23,25);1H. The van der Waals surface area contributed by atoms with Crippen molar-refractivity contribution in [2.24, 2.45) is 4.99 Å². The van der Waals surface area contributed by atoms with Crippen LogP contribution in [0.15, 0.2) is 47.6 Å². The van der Waals surface area contributed by atoms with Crippen molar-refractivity contribution in [2.75, 3.05) is 41.3 Å². The van der Waals surface area contributed by atoms with Gasteiger partial charge in [-0.2, -0.15) is 0 Å². The first-order chi connectivity index (χ1) is 13.0. The fourth-order valence-electron chi connectivity index (χ4n) is 2.74. The van der Waals surface area contributed by atoms with Gasteiger partial charge in [0.15, 0.2) is 5.96 Å². The van der Waals surface area contributed by atoms with E-state index in [1.165, 1.54) is 5.56 Å². The second-order valence-electron chi connectivity index (χ2n) is 6.38.